The largest absolute Gasteiger partial charge is 0.474 e. The lowest BCUT2D eigenvalue weighted by atomic mass is 9.85. The molecule has 0 spiro atoms. The average molecular weight is 373 g/mol. The summed E-state index contributed by atoms with van der Waals surface area (Å²) in [6.07, 6.45) is 12.0. The van der Waals surface area contributed by atoms with Gasteiger partial charge >= 0.3 is 0 Å². The first-order valence-electron chi connectivity index (χ1n) is 10.1. The number of hydrogen-bond donors (Lipinski definition) is 0. The van der Waals surface area contributed by atoms with E-state index in [9.17, 15) is 4.79 Å². The quantitative estimate of drug-likeness (QED) is 0.678. The summed E-state index contributed by atoms with van der Waals surface area (Å²) in [5.41, 5.74) is 1.30. The minimum atomic E-state index is 0.260. The van der Waals surface area contributed by atoms with Gasteiger partial charge in [0.2, 0.25) is 5.88 Å². The fourth-order valence-electron chi connectivity index (χ4n) is 4.79. The minimum Gasteiger partial charge on any atom is -0.474 e. The van der Waals surface area contributed by atoms with Crippen molar-refractivity contribution < 1.29 is 9.53 Å². The molecule has 0 unspecified atom stereocenters. The Balaban J connectivity index is 1.57. The molecule has 5 heteroatoms. The Bertz CT molecular complexity index is 793. The average Bonchev–Trinajstić information content (AvgIpc) is 3.17. The molecule has 4 rings (SSSR count). The fraction of sp³-hybridized carbons (Fsp3) is 0.667. The molecule has 1 saturated carbocycles. The maximum Gasteiger partial charge on any atom is 0.225 e. The monoisotopic (exact) mass is 372 g/mol. The van der Waals surface area contributed by atoms with Gasteiger partial charge in [-0.05, 0) is 62.8 Å². The van der Waals surface area contributed by atoms with Gasteiger partial charge in [-0.3, -0.25) is 0 Å². The van der Waals surface area contributed by atoms with Gasteiger partial charge in [-0.15, -0.1) is 11.3 Å². The smallest absolute Gasteiger partial charge is 0.225 e. The molecule has 26 heavy (non-hydrogen) atoms. The van der Waals surface area contributed by atoms with E-state index in [2.05, 4.69) is 16.9 Å². The number of carbonyl (C=O) groups excluding carboxylic acids is 1. The van der Waals surface area contributed by atoms with E-state index < -0.39 is 0 Å². The summed E-state index contributed by atoms with van der Waals surface area (Å²) < 4.78 is 6.40. The number of hydrogen-bond acceptors (Lipinski definition) is 5. The van der Waals surface area contributed by atoms with Crippen molar-refractivity contribution in [1.29, 1.82) is 0 Å². The second-order valence-corrected chi connectivity index (χ2v) is 9.07. The summed E-state index contributed by atoms with van der Waals surface area (Å²) in [6.45, 7) is 3.96. The van der Waals surface area contributed by atoms with E-state index >= 15 is 0 Å². The van der Waals surface area contributed by atoms with Crippen molar-refractivity contribution in [3.05, 3.63) is 16.8 Å². The molecule has 2 aromatic heterocycles. The third-order valence-corrected chi connectivity index (χ3v) is 7.17. The Morgan fingerprint density at radius 2 is 2.04 bits per heavy atom. The molecule has 140 valence electrons. The van der Waals surface area contributed by atoms with Crippen LogP contribution >= 0.6 is 11.3 Å². The third kappa shape index (κ3) is 3.51. The Morgan fingerprint density at radius 3 is 2.77 bits per heavy atom. The van der Waals surface area contributed by atoms with Gasteiger partial charge in [-0.25, -0.2) is 9.97 Å². The SMILES string of the molecule is CCCC1CCC(Oc2ncnc3sc4c(c23)[C@@H](CC(C)=O)CC4)CC1. The highest BCUT2D eigenvalue weighted by Gasteiger charge is 2.31. The highest BCUT2D eigenvalue weighted by atomic mass is 32.1. The van der Waals surface area contributed by atoms with Crippen molar-refractivity contribution in [3.63, 3.8) is 0 Å². The Labute approximate surface area is 159 Å². The van der Waals surface area contributed by atoms with Crippen LogP contribution in [0.5, 0.6) is 5.88 Å². The van der Waals surface area contributed by atoms with Crippen molar-refractivity contribution >= 4 is 27.3 Å². The molecule has 2 aliphatic carbocycles. The van der Waals surface area contributed by atoms with Crippen LogP contribution in [-0.2, 0) is 11.2 Å². The number of Topliss-reactive ketones (excluding diaryl/α,β-unsaturated/α-hetero) is 1. The lowest BCUT2D eigenvalue weighted by Crippen LogP contribution is -2.24. The van der Waals surface area contributed by atoms with Crippen LogP contribution in [0.25, 0.3) is 10.2 Å². The van der Waals surface area contributed by atoms with E-state index in [1.807, 2.05) is 0 Å². The lowest BCUT2D eigenvalue weighted by Gasteiger charge is -2.28. The standard InChI is InChI=1S/C21H28N2O2S/c1-3-4-14-5-8-16(9-6-14)25-20-19-18-15(11-13(2)24)7-10-17(18)26-21(19)23-12-22-20/h12,14-16H,3-11H2,1-2H3/t14?,15-,16?/m1/s1. The zero-order valence-electron chi connectivity index (χ0n) is 15.8. The van der Waals surface area contributed by atoms with Gasteiger partial charge in [0.15, 0.2) is 0 Å². The van der Waals surface area contributed by atoms with Gasteiger partial charge in [0.1, 0.15) is 23.0 Å². The number of aryl methyl sites for hydroxylation is 1. The Morgan fingerprint density at radius 1 is 1.23 bits per heavy atom. The molecule has 0 N–H and O–H groups in total. The van der Waals surface area contributed by atoms with Crippen LogP contribution in [0.4, 0.5) is 0 Å². The van der Waals surface area contributed by atoms with E-state index in [0.717, 1.165) is 47.7 Å². The van der Waals surface area contributed by atoms with Crippen molar-refractivity contribution in [2.45, 2.75) is 83.7 Å². The maximum absolute atomic E-state index is 11.7. The van der Waals surface area contributed by atoms with Gasteiger partial charge in [0, 0.05) is 11.3 Å². The molecule has 2 heterocycles. The topological polar surface area (TPSA) is 52.1 Å². The summed E-state index contributed by atoms with van der Waals surface area (Å²) in [4.78, 5) is 23.1. The molecule has 2 aromatic rings. The first kappa shape index (κ1) is 17.9. The molecule has 0 aliphatic heterocycles. The van der Waals surface area contributed by atoms with Gasteiger partial charge in [0.25, 0.3) is 0 Å². The van der Waals surface area contributed by atoms with Crippen molar-refractivity contribution in [3.8, 4) is 5.88 Å². The van der Waals surface area contributed by atoms with Crippen LogP contribution < -0.4 is 4.74 Å². The number of rotatable bonds is 6. The van der Waals surface area contributed by atoms with E-state index in [4.69, 9.17) is 4.74 Å². The normalized spacial score (nSPS) is 25.4. The number of fused-ring (bicyclic) bond motifs is 3. The summed E-state index contributed by atoms with van der Waals surface area (Å²) in [5, 5.41) is 1.09. The maximum atomic E-state index is 11.7. The molecule has 0 aromatic carbocycles. The second-order valence-electron chi connectivity index (χ2n) is 7.99. The van der Waals surface area contributed by atoms with Crippen LogP contribution in [-0.4, -0.2) is 21.9 Å². The molecular formula is C21H28N2O2S. The highest BCUT2D eigenvalue weighted by molar-refractivity contribution is 7.19. The van der Waals surface area contributed by atoms with Crippen LogP contribution in [0.3, 0.4) is 0 Å². The van der Waals surface area contributed by atoms with E-state index in [1.54, 1.807) is 24.6 Å². The van der Waals surface area contributed by atoms with Crippen molar-refractivity contribution in [2.24, 2.45) is 5.92 Å². The predicted octanol–water partition coefficient (Wildman–Crippen LogP) is 5.44. The molecule has 4 nitrogen and oxygen atoms in total. The first-order valence-corrected chi connectivity index (χ1v) is 10.9. The van der Waals surface area contributed by atoms with Crippen LogP contribution in [0, 0.1) is 5.92 Å². The van der Waals surface area contributed by atoms with Gasteiger partial charge < -0.3 is 9.53 Å². The molecule has 0 amide bonds. The van der Waals surface area contributed by atoms with Crippen LogP contribution in [0.15, 0.2) is 6.33 Å². The highest BCUT2D eigenvalue weighted by Crippen LogP contribution is 2.47. The number of thiophene rings is 1. The molecule has 0 saturated heterocycles. The zero-order chi connectivity index (χ0) is 18.1. The number of aromatic nitrogens is 2. The van der Waals surface area contributed by atoms with Crippen LogP contribution in [0.1, 0.15) is 81.6 Å². The number of nitrogens with zero attached hydrogens (tertiary/aromatic N) is 2. The zero-order valence-corrected chi connectivity index (χ0v) is 16.6. The number of ether oxygens (including phenoxy) is 1. The molecule has 2 aliphatic rings. The molecular weight excluding hydrogens is 344 g/mol. The summed E-state index contributed by atoms with van der Waals surface area (Å²) >= 11 is 1.76. The van der Waals surface area contributed by atoms with E-state index in [1.165, 1.54) is 36.1 Å². The molecule has 0 bridgehead atoms. The lowest BCUT2D eigenvalue weighted by molar-refractivity contribution is -0.117. The molecule has 1 atom stereocenters. The molecule has 0 radical (unpaired) electrons. The van der Waals surface area contributed by atoms with Gasteiger partial charge in [0.05, 0.1) is 5.39 Å². The Hall–Kier alpha value is -1.49. The first-order chi connectivity index (χ1) is 12.7. The van der Waals surface area contributed by atoms with Gasteiger partial charge in [-0.1, -0.05) is 19.8 Å². The fourth-order valence-corrected chi connectivity index (χ4v) is 6.02. The van der Waals surface area contributed by atoms with Crippen molar-refractivity contribution in [1.82, 2.24) is 9.97 Å². The second kappa shape index (κ2) is 7.63. The Kier molecular flexibility index (Phi) is 5.25. The van der Waals surface area contributed by atoms with Crippen molar-refractivity contribution in [2.75, 3.05) is 0 Å². The predicted molar refractivity (Wildman–Crippen MR) is 105 cm³/mol. The summed E-state index contributed by atoms with van der Waals surface area (Å²) in [5.74, 6) is 2.19. The number of ketones is 1. The minimum absolute atomic E-state index is 0.260. The summed E-state index contributed by atoms with van der Waals surface area (Å²) in [7, 11) is 0. The molecule has 1 fully saturated rings. The van der Waals surface area contributed by atoms with E-state index in [-0.39, 0.29) is 11.9 Å². The van der Waals surface area contributed by atoms with Crippen LogP contribution in [0.2, 0.25) is 0 Å². The summed E-state index contributed by atoms with van der Waals surface area (Å²) in [6, 6.07) is 0. The van der Waals surface area contributed by atoms with Gasteiger partial charge in [-0.2, -0.15) is 0 Å². The van der Waals surface area contributed by atoms with E-state index in [0.29, 0.717) is 12.3 Å². The number of carbonyl (C=O) groups is 1. The third-order valence-electron chi connectivity index (χ3n) is 6.00.